The van der Waals surface area contributed by atoms with Gasteiger partial charge < -0.3 is 20.9 Å². The van der Waals surface area contributed by atoms with E-state index in [4.69, 9.17) is 10.5 Å². The molecule has 4 N–H and O–H groups in total. The summed E-state index contributed by atoms with van der Waals surface area (Å²) in [5.41, 5.74) is 5.47. The Labute approximate surface area is 300 Å². The molecule has 0 fully saturated rings. The number of hydrogen-bond donors (Lipinski definition) is 3. The summed E-state index contributed by atoms with van der Waals surface area (Å²) in [7, 11) is 0. The molecule has 2 atom stereocenters. The molecule has 0 rings (SSSR count). The van der Waals surface area contributed by atoms with Crippen molar-refractivity contribution in [3.05, 3.63) is 60.8 Å². The molecule has 0 aromatic carbocycles. The summed E-state index contributed by atoms with van der Waals surface area (Å²) < 4.78 is 5.94. The van der Waals surface area contributed by atoms with Crippen molar-refractivity contribution in [1.82, 2.24) is 5.32 Å². The van der Waals surface area contributed by atoms with Crippen molar-refractivity contribution in [1.29, 1.82) is 0 Å². The van der Waals surface area contributed by atoms with Gasteiger partial charge >= 0.3 is 11.9 Å². The van der Waals surface area contributed by atoms with Crippen LogP contribution in [0.15, 0.2) is 60.8 Å². The molecule has 0 aromatic heterocycles. The van der Waals surface area contributed by atoms with Crippen molar-refractivity contribution in [2.45, 2.75) is 180 Å². The minimum absolute atomic E-state index is 0.0393. The van der Waals surface area contributed by atoms with Crippen LogP contribution in [0.25, 0.3) is 0 Å². The summed E-state index contributed by atoms with van der Waals surface area (Å²) in [6, 6.07) is -0.863. The van der Waals surface area contributed by atoms with Crippen molar-refractivity contribution in [3.8, 4) is 0 Å². The molecule has 49 heavy (non-hydrogen) atoms. The molecule has 0 aliphatic carbocycles. The van der Waals surface area contributed by atoms with Crippen LogP contribution in [0, 0.1) is 0 Å². The number of carboxylic acid groups (broad SMARTS) is 1. The number of aliphatic carboxylic acids is 1. The third kappa shape index (κ3) is 33.3. The maximum Gasteiger partial charge on any atom is 0.326 e. The minimum Gasteiger partial charge on any atom is -0.480 e. The van der Waals surface area contributed by atoms with Gasteiger partial charge in [-0.25, -0.2) is 4.79 Å². The summed E-state index contributed by atoms with van der Waals surface area (Å²) in [4.78, 5) is 36.1. The van der Waals surface area contributed by atoms with E-state index in [1.165, 1.54) is 44.9 Å². The summed E-state index contributed by atoms with van der Waals surface area (Å²) in [6.45, 7) is 4.79. The zero-order chi connectivity index (χ0) is 36.0. The average Bonchev–Trinajstić information content (AvgIpc) is 3.08. The molecule has 0 bridgehead atoms. The van der Waals surface area contributed by atoms with Crippen LogP contribution in [-0.2, 0) is 19.1 Å². The predicted molar refractivity (Wildman–Crippen MR) is 206 cm³/mol. The molecule has 0 spiro atoms. The van der Waals surface area contributed by atoms with Gasteiger partial charge in [-0.3, -0.25) is 9.59 Å². The number of rotatable bonds is 34. The van der Waals surface area contributed by atoms with Gasteiger partial charge in [0.15, 0.2) is 0 Å². The van der Waals surface area contributed by atoms with Gasteiger partial charge in [0.25, 0.3) is 0 Å². The van der Waals surface area contributed by atoms with E-state index >= 15 is 0 Å². The van der Waals surface area contributed by atoms with Crippen LogP contribution in [-0.4, -0.2) is 41.6 Å². The lowest BCUT2D eigenvalue weighted by atomic mass is 10.0. The molecule has 0 saturated heterocycles. The number of carboxylic acids is 1. The van der Waals surface area contributed by atoms with Gasteiger partial charge in [0.2, 0.25) is 5.91 Å². The zero-order valence-corrected chi connectivity index (χ0v) is 31.3. The molecule has 0 aliphatic rings. The highest BCUT2D eigenvalue weighted by molar-refractivity contribution is 5.83. The Morgan fingerprint density at radius 1 is 0.612 bits per heavy atom. The van der Waals surface area contributed by atoms with Gasteiger partial charge in [-0.1, -0.05) is 139 Å². The molecule has 0 radical (unpaired) electrons. The van der Waals surface area contributed by atoms with Crippen LogP contribution in [0.5, 0.6) is 0 Å². The number of allylic oxidation sites excluding steroid dienone is 9. The van der Waals surface area contributed by atoms with Gasteiger partial charge in [0.05, 0.1) is 6.42 Å². The number of esters is 1. The quantitative estimate of drug-likeness (QED) is 0.0353. The number of nitrogens with two attached hydrogens (primary N) is 1. The Balaban J connectivity index is 4.42. The van der Waals surface area contributed by atoms with Gasteiger partial charge in [-0.05, 0) is 83.6 Å². The molecule has 0 saturated carbocycles. The first kappa shape index (κ1) is 46.1. The number of hydrogen-bond acceptors (Lipinski definition) is 5. The molecule has 7 heteroatoms. The lowest BCUT2D eigenvalue weighted by molar-refractivity contribution is -0.148. The van der Waals surface area contributed by atoms with E-state index in [2.05, 4.69) is 67.8 Å². The molecule has 0 aliphatic heterocycles. The van der Waals surface area contributed by atoms with Crippen LogP contribution in [0.2, 0.25) is 0 Å². The smallest absolute Gasteiger partial charge is 0.326 e. The first-order chi connectivity index (χ1) is 23.9. The zero-order valence-electron chi connectivity index (χ0n) is 31.3. The van der Waals surface area contributed by atoms with Gasteiger partial charge in [0, 0.05) is 6.42 Å². The SMILES string of the molecule is CC/C=C\C/C=C\C/C=C\C/C=C\C/C=C\CC(=O)OC(CCCCCCCCCC)CCCCCCCC(=O)NC(CCCN)C(=O)O. The minimum atomic E-state index is -1.01. The van der Waals surface area contributed by atoms with E-state index in [-0.39, 0.29) is 18.0 Å². The van der Waals surface area contributed by atoms with E-state index in [1.807, 2.05) is 12.2 Å². The Bertz CT molecular complexity index is 953. The van der Waals surface area contributed by atoms with Gasteiger partial charge in [0.1, 0.15) is 12.1 Å². The summed E-state index contributed by atoms with van der Waals surface area (Å²) >= 11 is 0. The van der Waals surface area contributed by atoms with Crippen LogP contribution >= 0.6 is 0 Å². The van der Waals surface area contributed by atoms with Crippen molar-refractivity contribution in [3.63, 3.8) is 0 Å². The van der Waals surface area contributed by atoms with E-state index in [0.29, 0.717) is 32.2 Å². The number of unbranched alkanes of at least 4 members (excludes halogenated alkanes) is 11. The molecular weight excluding hydrogens is 612 g/mol. The van der Waals surface area contributed by atoms with Crippen LogP contribution in [0.1, 0.15) is 168 Å². The highest BCUT2D eigenvalue weighted by atomic mass is 16.5. The first-order valence-electron chi connectivity index (χ1n) is 19.6. The second-order valence-corrected chi connectivity index (χ2v) is 13.0. The Hall–Kier alpha value is -2.93. The molecule has 280 valence electrons. The molecule has 7 nitrogen and oxygen atoms in total. The lowest BCUT2D eigenvalue weighted by Crippen LogP contribution is -2.40. The summed E-state index contributed by atoms with van der Waals surface area (Å²) in [6.07, 6.45) is 44.2. The predicted octanol–water partition coefficient (Wildman–Crippen LogP) is 10.6. The Kier molecular flexibility index (Phi) is 34.2. The highest BCUT2D eigenvalue weighted by Crippen LogP contribution is 2.18. The van der Waals surface area contributed by atoms with E-state index < -0.39 is 12.0 Å². The molecule has 0 heterocycles. The van der Waals surface area contributed by atoms with Gasteiger partial charge in [-0.15, -0.1) is 0 Å². The lowest BCUT2D eigenvalue weighted by Gasteiger charge is -2.18. The first-order valence-corrected chi connectivity index (χ1v) is 19.6. The van der Waals surface area contributed by atoms with Gasteiger partial charge in [-0.2, -0.15) is 0 Å². The van der Waals surface area contributed by atoms with Crippen LogP contribution in [0.3, 0.4) is 0 Å². The van der Waals surface area contributed by atoms with Crippen molar-refractivity contribution < 1.29 is 24.2 Å². The second-order valence-electron chi connectivity index (χ2n) is 13.0. The fourth-order valence-electron chi connectivity index (χ4n) is 5.47. The standard InChI is InChI=1S/C42H72N2O5/c1-3-5-7-9-11-13-14-15-16-17-18-19-21-26-30-36-41(46)49-38(32-27-23-20-12-10-8-6-4-2)33-28-24-22-25-29-35-40(45)44-39(42(47)48)34-31-37-43/h5,7,11,13,15-16,18-19,26,30,38-39H,3-4,6,8-10,12,14,17,20-25,27-29,31-37,43H2,1-2H3,(H,44,45)(H,47,48)/b7-5-,13-11-,16-15-,19-18-,30-26-. The third-order valence-corrected chi connectivity index (χ3v) is 8.38. The second kappa shape index (κ2) is 36.4. The summed E-state index contributed by atoms with van der Waals surface area (Å²) in [5.74, 6) is -1.38. The van der Waals surface area contributed by atoms with Crippen molar-refractivity contribution >= 4 is 17.8 Å². The molecular formula is C42H72N2O5. The maximum atomic E-state index is 12.6. The summed E-state index contributed by atoms with van der Waals surface area (Å²) in [5, 5.41) is 11.9. The number of amides is 1. The maximum absolute atomic E-state index is 12.6. The highest BCUT2D eigenvalue weighted by Gasteiger charge is 2.19. The molecule has 0 aromatic rings. The van der Waals surface area contributed by atoms with Crippen LogP contribution in [0.4, 0.5) is 0 Å². The van der Waals surface area contributed by atoms with E-state index in [9.17, 15) is 19.5 Å². The average molecular weight is 685 g/mol. The number of carbonyl (C=O) groups excluding carboxylic acids is 2. The van der Waals surface area contributed by atoms with Crippen molar-refractivity contribution in [2.24, 2.45) is 5.73 Å². The Morgan fingerprint density at radius 3 is 1.57 bits per heavy atom. The third-order valence-electron chi connectivity index (χ3n) is 8.38. The van der Waals surface area contributed by atoms with E-state index in [1.54, 1.807) is 0 Å². The monoisotopic (exact) mass is 685 g/mol. The van der Waals surface area contributed by atoms with Crippen molar-refractivity contribution in [2.75, 3.05) is 6.54 Å². The number of nitrogens with one attached hydrogen (secondary N) is 1. The number of carbonyl (C=O) groups is 3. The largest absolute Gasteiger partial charge is 0.480 e. The normalized spacial score (nSPS) is 13.4. The molecule has 2 unspecified atom stereocenters. The molecule has 1 amide bonds. The fourth-order valence-corrected chi connectivity index (χ4v) is 5.47. The number of ether oxygens (including phenoxy) is 1. The topological polar surface area (TPSA) is 119 Å². The fraction of sp³-hybridized carbons (Fsp3) is 0.690. The van der Waals surface area contributed by atoms with Crippen LogP contribution < -0.4 is 11.1 Å². The van der Waals surface area contributed by atoms with E-state index in [0.717, 1.165) is 83.5 Å². The Morgan fingerprint density at radius 2 is 1.08 bits per heavy atom.